The van der Waals surface area contributed by atoms with Crippen molar-refractivity contribution in [2.45, 2.75) is 25.6 Å². The summed E-state index contributed by atoms with van der Waals surface area (Å²) in [6.45, 7) is 3.89. The van der Waals surface area contributed by atoms with Gasteiger partial charge in [-0.3, -0.25) is 14.9 Å². The Hall–Kier alpha value is -3.26. The Kier molecular flexibility index (Phi) is 9.37. The fourth-order valence-electron chi connectivity index (χ4n) is 2.97. The number of hydrazone groups is 1. The van der Waals surface area contributed by atoms with Crippen molar-refractivity contribution in [3.63, 3.8) is 0 Å². The fourth-order valence-corrected chi connectivity index (χ4v) is 4.49. The maximum Gasteiger partial charge on any atom is 0.269 e. The van der Waals surface area contributed by atoms with Crippen LogP contribution < -0.4 is 14.9 Å². The van der Waals surface area contributed by atoms with Crippen molar-refractivity contribution in [2.75, 3.05) is 12.9 Å². The van der Waals surface area contributed by atoms with Gasteiger partial charge in [0, 0.05) is 23.5 Å². The topological polar surface area (TPSA) is 129 Å². The summed E-state index contributed by atoms with van der Waals surface area (Å²) in [7, 11) is 1.51. The fraction of sp³-hybridized carbons (Fsp3) is 0.217. The number of thioether (sulfide) groups is 1. The number of aromatic nitrogens is 2. The third kappa shape index (κ3) is 7.89. The van der Waals surface area contributed by atoms with E-state index in [2.05, 4.69) is 43.1 Å². The number of hydrogen-bond acceptors (Lipinski definition) is 9. The van der Waals surface area contributed by atoms with Crippen LogP contribution >= 0.6 is 34.4 Å². The summed E-state index contributed by atoms with van der Waals surface area (Å²) < 4.78 is 12.1. The number of nitrogens with zero attached hydrogens (tertiary/aromatic N) is 4. The van der Waals surface area contributed by atoms with Crippen LogP contribution in [0.3, 0.4) is 0 Å². The molecule has 0 saturated carbocycles. The van der Waals surface area contributed by atoms with Crippen LogP contribution in [0.4, 0.5) is 5.69 Å². The highest BCUT2D eigenvalue weighted by Gasteiger charge is 2.13. The molecular formula is C23H22IN5O5S. The van der Waals surface area contributed by atoms with Gasteiger partial charge in [-0.1, -0.05) is 23.9 Å². The number of amides is 1. The number of carbonyl (C=O) groups is 1. The molecule has 0 aliphatic carbocycles. The van der Waals surface area contributed by atoms with E-state index in [1.165, 1.54) is 37.2 Å². The Balaban J connectivity index is 1.60. The lowest BCUT2D eigenvalue weighted by molar-refractivity contribution is -0.384. The van der Waals surface area contributed by atoms with Crippen LogP contribution in [0.25, 0.3) is 0 Å². The third-order valence-electron chi connectivity index (χ3n) is 4.45. The predicted molar refractivity (Wildman–Crippen MR) is 141 cm³/mol. The number of halogens is 1. The number of nitro groups is 1. The number of rotatable bonds is 10. The first-order chi connectivity index (χ1) is 16.7. The summed E-state index contributed by atoms with van der Waals surface area (Å²) in [5.41, 5.74) is 5.54. The van der Waals surface area contributed by atoms with E-state index in [-0.39, 0.29) is 24.0 Å². The lowest BCUT2D eigenvalue weighted by Crippen LogP contribution is -2.19. The van der Waals surface area contributed by atoms with E-state index >= 15 is 0 Å². The van der Waals surface area contributed by atoms with Crippen molar-refractivity contribution in [2.24, 2.45) is 5.10 Å². The number of nitrogens with one attached hydrogen (secondary N) is 1. The summed E-state index contributed by atoms with van der Waals surface area (Å²) in [5.74, 6) is 0.821. The SMILES string of the molecule is COc1cc(/C=N\NC(=O)CSc2nc(C)cc(C)n2)cc(I)c1OCc1cccc([N+](=O)[O-])c1. The largest absolute Gasteiger partial charge is 0.493 e. The molecule has 1 aromatic heterocycles. The molecule has 10 nitrogen and oxygen atoms in total. The zero-order valence-electron chi connectivity index (χ0n) is 19.1. The molecule has 1 amide bonds. The van der Waals surface area contributed by atoms with Gasteiger partial charge in [-0.15, -0.1) is 0 Å². The second-order valence-corrected chi connectivity index (χ2v) is 9.37. The Bertz CT molecular complexity index is 1250. The van der Waals surface area contributed by atoms with Crippen molar-refractivity contribution < 1.29 is 19.2 Å². The molecule has 0 aliphatic rings. The molecule has 0 aliphatic heterocycles. The lowest BCUT2D eigenvalue weighted by Gasteiger charge is -2.13. The van der Waals surface area contributed by atoms with E-state index in [9.17, 15) is 14.9 Å². The summed E-state index contributed by atoms with van der Waals surface area (Å²) in [5, 5.41) is 15.5. The van der Waals surface area contributed by atoms with Gasteiger partial charge in [0.1, 0.15) is 6.61 Å². The van der Waals surface area contributed by atoms with Gasteiger partial charge in [-0.05, 0) is 65.8 Å². The van der Waals surface area contributed by atoms with Gasteiger partial charge in [0.05, 0.1) is 27.6 Å². The molecule has 182 valence electrons. The normalized spacial score (nSPS) is 10.9. The summed E-state index contributed by atoms with van der Waals surface area (Å²) in [4.78, 5) is 31.2. The minimum absolute atomic E-state index is 0.00120. The molecule has 12 heteroatoms. The smallest absolute Gasteiger partial charge is 0.269 e. The van der Waals surface area contributed by atoms with E-state index in [1.54, 1.807) is 18.2 Å². The molecular weight excluding hydrogens is 585 g/mol. The van der Waals surface area contributed by atoms with E-state index < -0.39 is 4.92 Å². The minimum Gasteiger partial charge on any atom is -0.493 e. The van der Waals surface area contributed by atoms with E-state index in [0.29, 0.717) is 27.8 Å². The van der Waals surface area contributed by atoms with Crippen LogP contribution in [0.15, 0.2) is 52.7 Å². The molecule has 1 N–H and O–H groups in total. The summed E-state index contributed by atoms with van der Waals surface area (Å²) in [6.07, 6.45) is 1.50. The molecule has 0 radical (unpaired) electrons. The third-order valence-corrected chi connectivity index (χ3v) is 6.10. The second-order valence-electron chi connectivity index (χ2n) is 7.26. The standard InChI is InChI=1S/C23H22IN5O5S/c1-14-7-15(2)27-23(26-14)35-13-21(30)28-25-11-17-9-19(24)22(20(10-17)33-3)34-12-16-5-4-6-18(8-16)29(31)32/h4-11H,12-13H2,1-3H3,(H,28,30)/b25-11-. The summed E-state index contributed by atoms with van der Waals surface area (Å²) in [6, 6.07) is 11.7. The molecule has 0 unspecified atom stereocenters. The first-order valence-electron chi connectivity index (χ1n) is 10.3. The number of non-ortho nitro benzene ring substituents is 1. The van der Waals surface area contributed by atoms with Gasteiger partial charge in [0.25, 0.3) is 11.6 Å². The average molecular weight is 607 g/mol. The number of nitro benzene ring substituents is 1. The molecule has 3 rings (SSSR count). The number of aryl methyl sites for hydroxylation is 2. The first kappa shape index (κ1) is 26.3. The molecule has 3 aromatic rings. The van der Waals surface area contributed by atoms with Gasteiger partial charge in [-0.25, -0.2) is 15.4 Å². The van der Waals surface area contributed by atoms with Crippen LogP contribution in [0, 0.1) is 27.5 Å². The van der Waals surface area contributed by atoms with Crippen LogP contribution in [-0.4, -0.2) is 39.9 Å². The van der Waals surface area contributed by atoms with Gasteiger partial charge in [0.2, 0.25) is 0 Å². The maximum absolute atomic E-state index is 12.1. The maximum atomic E-state index is 12.1. The Labute approximate surface area is 219 Å². The quantitative estimate of drug-likeness (QED) is 0.0895. The van der Waals surface area contributed by atoms with Gasteiger partial charge >= 0.3 is 0 Å². The van der Waals surface area contributed by atoms with Gasteiger partial charge in [0.15, 0.2) is 16.7 Å². The predicted octanol–water partition coefficient (Wildman–Crippen LogP) is 4.44. The monoisotopic (exact) mass is 607 g/mol. The average Bonchev–Trinajstić information content (AvgIpc) is 2.81. The lowest BCUT2D eigenvalue weighted by atomic mass is 10.2. The van der Waals surface area contributed by atoms with Gasteiger partial charge < -0.3 is 9.47 Å². The van der Waals surface area contributed by atoms with Crippen LogP contribution in [0.5, 0.6) is 11.5 Å². The van der Waals surface area contributed by atoms with Crippen molar-refractivity contribution in [3.8, 4) is 11.5 Å². The zero-order chi connectivity index (χ0) is 25.4. The number of methoxy groups -OCH3 is 1. The van der Waals surface area contributed by atoms with Crippen LogP contribution in [0.1, 0.15) is 22.5 Å². The number of ether oxygens (including phenoxy) is 2. The number of carbonyl (C=O) groups excluding carboxylic acids is 1. The van der Waals surface area contributed by atoms with Gasteiger partial charge in [-0.2, -0.15) is 5.10 Å². The van der Waals surface area contributed by atoms with Crippen LogP contribution in [0.2, 0.25) is 0 Å². The zero-order valence-corrected chi connectivity index (χ0v) is 22.1. The molecule has 0 spiro atoms. The van der Waals surface area contributed by atoms with Crippen molar-refractivity contribution in [1.82, 2.24) is 15.4 Å². The minimum atomic E-state index is -0.448. The van der Waals surface area contributed by atoms with Crippen molar-refractivity contribution in [1.29, 1.82) is 0 Å². The Morgan fingerprint density at radius 3 is 2.66 bits per heavy atom. The second kappa shape index (κ2) is 12.4. The number of benzene rings is 2. The van der Waals surface area contributed by atoms with Crippen molar-refractivity contribution >= 4 is 52.2 Å². The molecule has 35 heavy (non-hydrogen) atoms. The highest BCUT2D eigenvalue weighted by atomic mass is 127. The Morgan fingerprint density at radius 2 is 1.97 bits per heavy atom. The molecule has 0 bridgehead atoms. The summed E-state index contributed by atoms with van der Waals surface area (Å²) >= 11 is 3.34. The molecule has 0 fully saturated rings. The highest BCUT2D eigenvalue weighted by Crippen LogP contribution is 2.34. The molecule has 0 atom stereocenters. The molecule has 2 aromatic carbocycles. The van der Waals surface area contributed by atoms with Crippen LogP contribution in [-0.2, 0) is 11.4 Å². The van der Waals surface area contributed by atoms with E-state index in [4.69, 9.17) is 9.47 Å². The Morgan fingerprint density at radius 1 is 1.23 bits per heavy atom. The highest BCUT2D eigenvalue weighted by molar-refractivity contribution is 14.1. The first-order valence-corrected chi connectivity index (χ1v) is 12.3. The van der Waals surface area contributed by atoms with E-state index in [0.717, 1.165) is 15.0 Å². The van der Waals surface area contributed by atoms with E-state index in [1.807, 2.05) is 26.0 Å². The molecule has 1 heterocycles. The molecule has 0 saturated heterocycles. The van der Waals surface area contributed by atoms with Crippen molar-refractivity contribution in [3.05, 3.63) is 78.7 Å². The number of hydrogen-bond donors (Lipinski definition) is 1.